The molecule has 0 amide bonds. The average molecular weight is 239 g/mol. The molecular weight excluding hydrogens is 223 g/mol. The van der Waals surface area contributed by atoms with Crippen LogP contribution in [0.4, 0.5) is 13.2 Å². The van der Waals surface area contributed by atoms with Crippen molar-refractivity contribution >= 4 is 0 Å². The largest absolute Gasteiger partial charge is 0.415 e. The Morgan fingerprint density at radius 1 is 1.19 bits per heavy atom. The molecule has 6 heteroatoms. The van der Waals surface area contributed by atoms with E-state index in [1.807, 2.05) is 0 Å². The van der Waals surface area contributed by atoms with Crippen molar-refractivity contribution in [3.63, 3.8) is 0 Å². The van der Waals surface area contributed by atoms with Crippen LogP contribution in [0.3, 0.4) is 0 Å². The molecule has 2 bridgehead atoms. The molecule has 3 unspecified atom stereocenters. The number of fused-ring (bicyclic) bond motifs is 2. The SMILES string of the molecule is OC1CC2CCC(C1)N2CC(O)C(F)(F)F. The quantitative estimate of drug-likeness (QED) is 0.752. The van der Waals surface area contributed by atoms with Crippen LogP contribution in [0.5, 0.6) is 0 Å². The Hall–Kier alpha value is -0.330. The minimum atomic E-state index is -4.55. The molecule has 2 aliphatic heterocycles. The fourth-order valence-corrected chi connectivity index (χ4v) is 2.85. The first-order chi connectivity index (χ1) is 7.38. The maximum atomic E-state index is 12.2. The fourth-order valence-electron chi connectivity index (χ4n) is 2.85. The molecule has 0 spiro atoms. The zero-order valence-electron chi connectivity index (χ0n) is 8.82. The number of aliphatic hydroxyl groups excluding tert-OH is 2. The van der Waals surface area contributed by atoms with Gasteiger partial charge in [0.05, 0.1) is 6.10 Å². The van der Waals surface area contributed by atoms with Gasteiger partial charge in [-0.25, -0.2) is 0 Å². The van der Waals surface area contributed by atoms with Crippen LogP contribution in [0.15, 0.2) is 0 Å². The number of piperidine rings is 1. The van der Waals surface area contributed by atoms with E-state index in [2.05, 4.69) is 0 Å². The summed E-state index contributed by atoms with van der Waals surface area (Å²) in [7, 11) is 0. The maximum absolute atomic E-state index is 12.2. The van der Waals surface area contributed by atoms with Gasteiger partial charge >= 0.3 is 6.18 Å². The predicted octanol–water partition coefficient (Wildman–Crippen LogP) is 0.897. The van der Waals surface area contributed by atoms with Gasteiger partial charge in [0.2, 0.25) is 0 Å². The van der Waals surface area contributed by atoms with Gasteiger partial charge in [-0.1, -0.05) is 0 Å². The molecule has 0 aromatic carbocycles. The van der Waals surface area contributed by atoms with Crippen molar-refractivity contribution < 1.29 is 23.4 Å². The Labute approximate surface area is 91.9 Å². The lowest BCUT2D eigenvalue weighted by Gasteiger charge is -2.38. The van der Waals surface area contributed by atoms with Crippen LogP contribution in [0, 0.1) is 0 Å². The van der Waals surface area contributed by atoms with E-state index in [1.54, 1.807) is 4.90 Å². The molecule has 0 aromatic heterocycles. The van der Waals surface area contributed by atoms with Gasteiger partial charge < -0.3 is 10.2 Å². The molecule has 16 heavy (non-hydrogen) atoms. The van der Waals surface area contributed by atoms with E-state index in [1.165, 1.54) is 0 Å². The van der Waals surface area contributed by atoms with Crippen molar-refractivity contribution in [2.24, 2.45) is 0 Å². The van der Waals surface area contributed by atoms with Gasteiger partial charge in [0.1, 0.15) is 0 Å². The first-order valence-electron chi connectivity index (χ1n) is 5.56. The van der Waals surface area contributed by atoms with E-state index in [-0.39, 0.29) is 18.6 Å². The fraction of sp³-hybridized carbons (Fsp3) is 1.00. The normalized spacial score (nSPS) is 37.7. The number of halogens is 3. The van der Waals surface area contributed by atoms with Crippen LogP contribution in [0.1, 0.15) is 25.7 Å². The molecular formula is C10H16F3NO2. The van der Waals surface area contributed by atoms with E-state index in [0.29, 0.717) is 12.8 Å². The van der Waals surface area contributed by atoms with Crippen molar-refractivity contribution in [1.29, 1.82) is 0 Å². The maximum Gasteiger partial charge on any atom is 0.415 e. The average Bonchev–Trinajstić information content (AvgIpc) is 2.41. The van der Waals surface area contributed by atoms with Crippen LogP contribution in [0.2, 0.25) is 0 Å². The van der Waals surface area contributed by atoms with Crippen LogP contribution >= 0.6 is 0 Å². The smallest absolute Gasteiger partial charge is 0.393 e. The summed E-state index contributed by atoms with van der Waals surface area (Å²) in [4.78, 5) is 1.71. The summed E-state index contributed by atoms with van der Waals surface area (Å²) in [6.45, 7) is -0.356. The van der Waals surface area contributed by atoms with Crippen LogP contribution in [0.25, 0.3) is 0 Å². The molecule has 3 nitrogen and oxygen atoms in total. The highest BCUT2D eigenvalue weighted by Gasteiger charge is 2.45. The number of aliphatic hydroxyl groups is 2. The van der Waals surface area contributed by atoms with E-state index in [0.717, 1.165) is 12.8 Å². The van der Waals surface area contributed by atoms with Crippen molar-refractivity contribution in [1.82, 2.24) is 4.90 Å². The highest BCUT2D eigenvalue weighted by Crippen LogP contribution is 2.36. The Balaban J connectivity index is 1.96. The summed E-state index contributed by atoms with van der Waals surface area (Å²) in [5.41, 5.74) is 0. The number of hydrogen-bond acceptors (Lipinski definition) is 3. The van der Waals surface area contributed by atoms with Gasteiger partial charge in [-0.2, -0.15) is 13.2 Å². The molecule has 2 rings (SSSR count). The predicted molar refractivity (Wildman–Crippen MR) is 50.8 cm³/mol. The van der Waals surface area contributed by atoms with Gasteiger partial charge in [0, 0.05) is 18.6 Å². The monoisotopic (exact) mass is 239 g/mol. The third kappa shape index (κ3) is 2.33. The van der Waals surface area contributed by atoms with E-state index < -0.39 is 18.4 Å². The Morgan fingerprint density at radius 3 is 2.12 bits per heavy atom. The van der Waals surface area contributed by atoms with Crippen LogP contribution in [-0.4, -0.2) is 52.1 Å². The Kier molecular flexibility index (Phi) is 3.16. The zero-order valence-corrected chi connectivity index (χ0v) is 8.82. The summed E-state index contributed by atoms with van der Waals surface area (Å²) >= 11 is 0. The summed E-state index contributed by atoms with van der Waals surface area (Å²) in [6, 6.07) is 0.0106. The van der Waals surface area contributed by atoms with Gasteiger partial charge in [0.25, 0.3) is 0 Å². The first-order valence-corrected chi connectivity index (χ1v) is 5.56. The van der Waals surface area contributed by atoms with Gasteiger partial charge in [-0.15, -0.1) is 0 Å². The molecule has 2 heterocycles. The summed E-state index contributed by atoms with van der Waals surface area (Å²) in [6.07, 6.45) is -4.50. The lowest BCUT2D eigenvalue weighted by molar-refractivity contribution is -0.211. The van der Waals surface area contributed by atoms with Crippen LogP contribution < -0.4 is 0 Å². The number of nitrogens with zero attached hydrogens (tertiary/aromatic N) is 1. The molecule has 94 valence electrons. The zero-order chi connectivity index (χ0) is 11.9. The first kappa shape index (κ1) is 12.1. The number of alkyl halides is 3. The Morgan fingerprint density at radius 2 is 1.69 bits per heavy atom. The molecule has 0 saturated carbocycles. The van der Waals surface area contributed by atoms with Crippen molar-refractivity contribution in [3.8, 4) is 0 Å². The molecule has 2 N–H and O–H groups in total. The minimum absolute atomic E-state index is 0.00532. The molecule has 2 aliphatic rings. The van der Waals surface area contributed by atoms with Gasteiger partial charge in [0.15, 0.2) is 6.10 Å². The van der Waals surface area contributed by atoms with Gasteiger partial charge in [-0.3, -0.25) is 4.90 Å². The second kappa shape index (κ2) is 4.16. The molecule has 0 radical (unpaired) electrons. The molecule has 3 atom stereocenters. The topological polar surface area (TPSA) is 43.7 Å². The highest BCUT2D eigenvalue weighted by atomic mass is 19.4. The summed E-state index contributed by atoms with van der Waals surface area (Å²) < 4.78 is 36.7. The molecule has 0 aliphatic carbocycles. The molecule has 0 aromatic rings. The Bertz CT molecular complexity index is 245. The van der Waals surface area contributed by atoms with E-state index in [9.17, 15) is 18.3 Å². The molecule has 2 saturated heterocycles. The van der Waals surface area contributed by atoms with E-state index in [4.69, 9.17) is 5.11 Å². The molecule has 2 fully saturated rings. The number of hydrogen-bond donors (Lipinski definition) is 2. The standard InChI is InChI=1S/C10H16F3NO2/c11-10(12,13)9(16)5-14-6-1-2-7(14)4-8(15)3-6/h6-9,15-16H,1-5H2. The highest BCUT2D eigenvalue weighted by molar-refractivity contribution is 4.96. The summed E-state index contributed by atoms with van der Waals surface area (Å²) in [5, 5.41) is 18.5. The van der Waals surface area contributed by atoms with Crippen molar-refractivity contribution in [3.05, 3.63) is 0 Å². The van der Waals surface area contributed by atoms with Crippen molar-refractivity contribution in [2.45, 2.75) is 56.2 Å². The van der Waals surface area contributed by atoms with Gasteiger partial charge in [-0.05, 0) is 25.7 Å². The number of rotatable bonds is 2. The van der Waals surface area contributed by atoms with E-state index >= 15 is 0 Å². The lowest BCUT2D eigenvalue weighted by atomic mass is 9.99. The lowest BCUT2D eigenvalue weighted by Crippen LogP contribution is -2.50. The summed E-state index contributed by atoms with van der Waals surface area (Å²) in [5.74, 6) is 0. The third-order valence-electron chi connectivity index (χ3n) is 3.62. The van der Waals surface area contributed by atoms with Crippen molar-refractivity contribution in [2.75, 3.05) is 6.54 Å². The second-order valence-corrected chi connectivity index (χ2v) is 4.76. The van der Waals surface area contributed by atoms with Crippen LogP contribution in [-0.2, 0) is 0 Å². The third-order valence-corrected chi connectivity index (χ3v) is 3.62. The minimum Gasteiger partial charge on any atom is -0.393 e. The second-order valence-electron chi connectivity index (χ2n) is 4.76.